The van der Waals surface area contributed by atoms with E-state index in [0.717, 1.165) is 19.5 Å². The number of hydrogen-bond acceptors (Lipinski definition) is 2. The number of amides is 1. The van der Waals surface area contributed by atoms with Gasteiger partial charge in [0.05, 0.1) is 5.92 Å². The molecule has 1 aliphatic heterocycles. The first-order chi connectivity index (χ1) is 8.97. The van der Waals surface area contributed by atoms with Gasteiger partial charge in [0.25, 0.3) is 0 Å². The second-order valence-electron chi connectivity index (χ2n) is 5.69. The van der Waals surface area contributed by atoms with Crippen molar-refractivity contribution in [2.75, 3.05) is 19.6 Å². The molecule has 2 aliphatic rings. The minimum Gasteiger partial charge on any atom is -0.356 e. The number of carbonyl (C=O) groups is 1. The smallest absolute Gasteiger partial charge is 0.356 e. The average Bonchev–Trinajstić information content (AvgIpc) is 2.88. The number of rotatable bonds is 3. The molecule has 1 unspecified atom stereocenters. The molecule has 0 aromatic rings. The fraction of sp³-hybridized carbons (Fsp3) is 0.923. The maximum Gasteiger partial charge on any atom is 0.391 e. The molecule has 1 aliphatic carbocycles. The third kappa shape index (κ3) is 4.09. The Morgan fingerprint density at radius 3 is 2.37 bits per heavy atom. The monoisotopic (exact) mass is 278 g/mol. The lowest BCUT2D eigenvalue weighted by molar-refractivity contribution is -0.184. The first-order valence-corrected chi connectivity index (χ1v) is 7.02. The Bertz CT molecular complexity index is 306. The Kier molecular flexibility index (Phi) is 4.71. The summed E-state index contributed by atoms with van der Waals surface area (Å²) in [4.78, 5) is 11.9. The second kappa shape index (κ2) is 6.11. The van der Waals surface area contributed by atoms with Crippen LogP contribution in [0.15, 0.2) is 0 Å². The summed E-state index contributed by atoms with van der Waals surface area (Å²) >= 11 is 0. The van der Waals surface area contributed by atoms with E-state index in [4.69, 9.17) is 0 Å². The standard InChI is InChI=1S/C13H21F3N2O/c14-13(15,16)11-3-1-10(2-4-11)12(19)18-8-9-5-6-17-7-9/h9-11,17H,1-8H2,(H,18,19). The van der Waals surface area contributed by atoms with Crippen LogP contribution in [-0.2, 0) is 4.79 Å². The van der Waals surface area contributed by atoms with Gasteiger partial charge in [-0.2, -0.15) is 13.2 Å². The Balaban J connectivity index is 1.70. The molecule has 19 heavy (non-hydrogen) atoms. The van der Waals surface area contributed by atoms with Crippen molar-refractivity contribution < 1.29 is 18.0 Å². The number of carbonyl (C=O) groups excluding carboxylic acids is 1. The Morgan fingerprint density at radius 2 is 1.84 bits per heavy atom. The zero-order valence-corrected chi connectivity index (χ0v) is 10.9. The molecule has 3 nitrogen and oxygen atoms in total. The number of alkyl halides is 3. The highest BCUT2D eigenvalue weighted by atomic mass is 19.4. The van der Waals surface area contributed by atoms with E-state index in [2.05, 4.69) is 10.6 Å². The van der Waals surface area contributed by atoms with E-state index in [-0.39, 0.29) is 24.7 Å². The van der Waals surface area contributed by atoms with Crippen molar-refractivity contribution in [2.24, 2.45) is 17.8 Å². The molecule has 1 heterocycles. The summed E-state index contributed by atoms with van der Waals surface area (Å²) in [5.41, 5.74) is 0. The molecule has 1 saturated heterocycles. The van der Waals surface area contributed by atoms with E-state index >= 15 is 0 Å². The van der Waals surface area contributed by atoms with E-state index in [1.54, 1.807) is 0 Å². The number of nitrogens with one attached hydrogen (secondary N) is 2. The van der Waals surface area contributed by atoms with Crippen LogP contribution in [0.2, 0.25) is 0 Å². The molecule has 0 aromatic carbocycles. The van der Waals surface area contributed by atoms with Crippen molar-refractivity contribution >= 4 is 5.91 Å². The van der Waals surface area contributed by atoms with Gasteiger partial charge in [0.1, 0.15) is 0 Å². The van der Waals surface area contributed by atoms with Crippen molar-refractivity contribution in [1.82, 2.24) is 10.6 Å². The van der Waals surface area contributed by atoms with Crippen LogP contribution >= 0.6 is 0 Å². The molecular weight excluding hydrogens is 257 g/mol. The average molecular weight is 278 g/mol. The van der Waals surface area contributed by atoms with Gasteiger partial charge in [0.2, 0.25) is 5.91 Å². The maximum absolute atomic E-state index is 12.5. The van der Waals surface area contributed by atoms with Gasteiger partial charge in [0, 0.05) is 12.5 Å². The highest BCUT2D eigenvalue weighted by molar-refractivity contribution is 5.78. The molecule has 0 spiro atoms. The fourth-order valence-electron chi connectivity index (χ4n) is 2.96. The zero-order chi connectivity index (χ0) is 13.9. The first kappa shape index (κ1) is 14.6. The predicted octanol–water partition coefficient (Wildman–Crippen LogP) is 2.08. The van der Waals surface area contributed by atoms with Crippen LogP contribution in [0.4, 0.5) is 13.2 Å². The molecular formula is C13H21F3N2O. The highest BCUT2D eigenvalue weighted by Crippen LogP contribution is 2.39. The van der Waals surface area contributed by atoms with Crippen molar-refractivity contribution in [3.05, 3.63) is 0 Å². The van der Waals surface area contributed by atoms with E-state index in [9.17, 15) is 18.0 Å². The molecule has 2 N–H and O–H groups in total. The minimum atomic E-state index is -4.10. The number of hydrogen-bond donors (Lipinski definition) is 2. The second-order valence-corrected chi connectivity index (χ2v) is 5.69. The molecule has 1 atom stereocenters. The molecule has 110 valence electrons. The van der Waals surface area contributed by atoms with Crippen molar-refractivity contribution in [3.63, 3.8) is 0 Å². The Labute approximate surface area is 111 Å². The quantitative estimate of drug-likeness (QED) is 0.830. The fourth-order valence-corrected chi connectivity index (χ4v) is 2.96. The van der Waals surface area contributed by atoms with Gasteiger partial charge in [-0.25, -0.2) is 0 Å². The normalized spacial score (nSPS) is 32.3. The first-order valence-electron chi connectivity index (χ1n) is 7.02. The third-order valence-corrected chi connectivity index (χ3v) is 4.29. The highest BCUT2D eigenvalue weighted by Gasteiger charge is 2.42. The van der Waals surface area contributed by atoms with Crippen LogP contribution in [0.25, 0.3) is 0 Å². The van der Waals surface area contributed by atoms with Crippen molar-refractivity contribution in [3.8, 4) is 0 Å². The van der Waals surface area contributed by atoms with Crippen LogP contribution in [0.5, 0.6) is 0 Å². The lowest BCUT2D eigenvalue weighted by Gasteiger charge is -2.29. The molecule has 0 aromatic heterocycles. The van der Waals surface area contributed by atoms with Gasteiger partial charge >= 0.3 is 6.18 Å². The molecule has 2 rings (SSSR count). The van der Waals surface area contributed by atoms with Gasteiger partial charge in [-0.3, -0.25) is 4.79 Å². The van der Waals surface area contributed by atoms with E-state index in [0.29, 0.717) is 25.3 Å². The van der Waals surface area contributed by atoms with Crippen LogP contribution in [-0.4, -0.2) is 31.7 Å². The van der Waals surface area contributed by atoms with Gasteiger partial charge in [0.15, 0.2) is 0 Å². The van der Waals surface area contributed by atoms with Crippen LogP contribution < -0.4 is 10.6 Å². The van der Waals surface area contributed by atoms with E-state index in [1.165, 1.54) is 0 Å². The largest absolute Gasteiger partial charge is 0.391 e. The predicted molar refractivity (Wildman–Crippen MR) is 65.5 cm³/mol. The number of halogens is 3. The Morgan fingerprint density at radius 1 is 1.16 bits per heavy atom. The van der Waals surface area contributed by atoms with Gasteiger partial charge in [-0.1, -0.05) is 0 Å². The summed E-state index contributed by atoms with van der Waals surface area (Å²) in [6.45, 7) is 2.54. The third-order valence-electron chi connectivity index (χ3n) is 4.29. The summed E-state index contributed by atoms with van der Waals surface area (Å²) in [5.74, 6) is -1.04. The summed E-state index contributed by atoms with van der Waals surface area (Å²) < 4.78 is 37.5. The Hall–Kier alpha value is -0.780. The van der Waals surface area contributed by atoms with Gasteiger partial charge in [-0.05, 0) is 51.1 Å². The minimum absolute atomic E-state index is 0.0625. The molecule has 0 radical (unpaired) electrons. The summed E-state index contributed by atoms with van der Waals surface area (Å²) in [5, 5.41) is 6.11. The summed E-state index contributed by atoms with van der Waals surface area (Å²) in [7, 11) is 0. The van der Waals surface area contributed by atoms with Crippen LogP contribution in [0.1, 0.15) is 32.1 Å². The van der Waals surface area contributed by atoms with E-state index in [1.807, 2.05) is 0 Å². The molecule has 1 amide bonds. The topological polar surface area (TPSA) is 41.1 Å². The van der Waals surface area contributed by atoms with Crippen LogP contribution in [0.3, 0.4) is 0 Å². The van der Waals surface area contributed by atoms with Gasteiger partial charge in [-0.15, -0.1) is 0 Å². The lowest BCUT2D eigenvalue weighted by atomic mass is 9.81. The molecule has 2 fully saturated rings. The molecule has 1 saturated carbocycles. The lowest BCUT2D eigenvalue weighted by Crippen LogP contribution is -2.38. The van der Waals surface area contributed by atoms with E-state index < -0.39 is 12.1 Å². The van der Waals surface area contributed by atoms with Crippen LogP contribution in [0, 0.1) is 17.8 Å². The molecule has 0 bridgehead atoms. The van der Waals surface area contributed by atoms with Crippen molar-refractivity contribution in [1.29, 1.82) is 0 Å². The van der Waals surface area contributed by atoms with Gasteiger partial charge < -0.3 is 10.6 Å². The summed E-state index contributed by atoms with van der Waals surface area (Å²) in [6, 6.07) is 0. The zero-order valence-electron chi connectivity index (χ0n) is 10.9. The summed E-state index contributed by atoms with van der Waals surface area (Å²) in [6.07, 6.45) is -2.14. The SMILES string of the molecule is O=C(NCC1CCNC1)C1CCC(C(F)(F)F)CC1. The van der Waals surface area contributed by atoms with Crippen molar-refractivity contribution in [2.45, 2.75) is 38.3 Å². The molecule has 6 heteroatoms. The maximum atomic E-state index is 12.5.